The van der Waals surface area contributed by atoms with Crippen LogP contribution in [-0.4, -0.2) is 143 Å². The molecule has 7 rings (SSSR count). The van der Waals surface area contributed by atoms with Crippen molar-refractivity contribution < 1.29 is 156 Å². The van der Waals surface area contributed by atoms with Gasteiger partial charge in [-0.15, -0.1) is 0 Å². The van der Waals surface area contributed by atoms with Gasteiger partial charge in [0.05, 0.1) is 50.5 Å². The molecule has 4 heterocycles. The molecule has 7 N–H and O–H groups in total. The van der Waals surface area contributed by atoms with E-state index in [0.717, 1.165) is 42.9 Å². The van der Waals surface area contributed by atoms with E-state index in [1.165, 1.54) is 67.7 Å². The number of imidazole rings is 1. The Morgan fingerprint density at radius 1 is 0.659 bits per heavy atom. The van der Waals surface area contributed by atoms with Crippen molar-refractivity contribution in [1.29, 1.82) is 0 Å². The Morgan fingerprint density at radius 3 is 1.46 bits per heavy atom. The number of anilines is 4. The molecule has 7 aromatic rings. The molecule has 0 spiro atoms. The van der Waals surface area contributed by atoms with Crippen LogP contribution in [0.15, 0.2) is 74.0 Å². The predicted molar refractivity (Wildman–Crippen MR) is 268 cm³/mol. The van der Waals surface area contributed by atoms with Crippen molar-refractivity contribution in [3.05, 3.63) is 137 Å². The van der Waals surface area contributed by atoms with Crippen molar-refractivity contribution in [3.63, 3.8) is 0 Å². The number of rotatable bonds is 10. The molecular weight excluding hydrogens is 1280 g/mol. The minimum absolute atomic E-state index is 0. The first kappa shape index (κ1) is 81.5. The maximum absolute atomic E-state index is 13.4. The number of halogens is 15. The SMILES string of the molecule is CC(C)(C)O.CCNc1cc(F)c(F)cc1N.CCNc1cc(F)c(F)cc1NC(=O)c1cncnc1C(F)(F)F.CCn1c(-c2cncnc2C(F)(F)F)nc2cc(F)c(F)cc21.O=C(O)c1cncnc1C(F)(F)F.O=[P+]([O-])O[O-].[K+].[K][K]. The Morgan fingerprint density at radius 2 is 1.04 bits per heavy atom. The van der Waals surface area contributed by atoms with Crippen molar-refractivity contribution in [3.8, 4) is 11.4 Å². The summed E-state index contributed by atoms with van der Waals surface area (Å²) in [7, 11) is -3.15. The molecule has 85 heavy (non-hydrogen) atoms. The number of aromatic nitrogens is 8. The molecule has 0 aliphatic heterocycles. The van der Waals surface area contributed by atoms with E-state index in [9.17, 15) is 75.4 Å². The fourth-order valence-corrected chi connectivity index (χ4v) is 5.88. The number of nitrogen functional groups attached to an aromatic ring is 1. The van der Waals surface area contributed by atoms with Crippen LogP contribution in [-0.2, 0) is 34.3 Å². The summed E-state index contributed by atoms with van der Waals surface area (Å²) in [5.74, 6) is -9.45. The first-order valence-electron chi connectivity index (χ1n) is 23.3. The summed E-state index contributed by atoms with van der Waals surface area (Å²) >= 11 is 2.50. The number of fused-ring (bicyclic) bond motifs is 1. The van der Waals surface area contributed by atoms with Crippen molar-refractivity contribution >= 4 is 117 Å². The average molecular weight is 1330 g/mol. The number of carbonyl (C=O) groups is 2. The Balaban J connectivity index is 0.00000107. The summed E-state index contributed by atoms with van der Waals surface area (Å²) in [6.07, 6.45) is -9.97. The van der Waals surface area contributed by atoms with Gasteiger partial charge in [-0.05, 0) is 46.1 Å². The standard InChI is InChI=1S/C14H11F5N4O.C14H9F5N4.C8H10F2N2.C6H3F3N2O2.C4H10O.3K.HO4P/c1-2-21-10-3-8(15)9(16)4-11(10)23-13(24)7-5-20-6-22-12(7)14(17,18)19;1-2-23-11-4-9(16)8(15)3-10(11)22-13(23)7-5-20-6-21-12(7)14(17,18)19;1-2-12-8-4-6(10)5(9)3-7(8)11;7-6(8,9)4-3(5(12)13)1-10-2-11-4;1-4(2,3)5;;;;1-4-5(2)3/h3-6,21H,2H2,1H3,(H,23,24);3-6H,2H2,1H3;3-4,12H,2,11H2,1H3;1-2H,(H,12,13);5H,1-3H3;;;;1H/q;;;;;;;+1;/p-1. The number of nitrogens with zero attached hydrogens (tertiary/aromatic N) is 8. The second-order valence-electron chi connectivity index (χ2n) is 16.2. The third-order valence-electron chi connectivity index (χ3n) is 8.96. The van der Waals surface area contributed by atoms with Gasteiger partial charge in [0.15, 0.2) is 52.0 Å². The number of benzene rings is 3. The molecule has 3 aromatic carbocycles. The Kier molecular flexibility index (Phi) is 36.6. The Bertz CT molecular complexity index is 3310. The molecule has 4 aromatic heterocycles. The number of hydrogen-bond donors (Lipinski definition) is 6. The van der Waals surface area contributed by atoms with Crippen molar-refractivity contribution in [2.24, 2.45) is 0 Å². The summed E-state index contributed by atoms with van der Waals surface area (Å²) in [6.45, 7) is 11.5. The third-order valence-corrected chi connectivity index (χ3v) is 9.08. The molecule has 1 atom stereocenters. The van der Waals surface area contributed by atoms with Gasteiger partial charge < -0.3 is 46.6 Å². The van der Waals surface area contributed by atoms with Crippen LogP contribution in [0.25, 0.3) is 22.4 Å². The molecule has 0 bridgehead atoms. The van der Waals surface area contributed by atoms with Gasteiger partial charge in [0.25, 0.3) is 5.91 Å². The van der Waals surface area contributed by atoms with Gasteiger partial charge in [0.1, 0.15) is 30.4 Å². The van der Waals surface area contributed by atoms with Crippen LogP contribution in [0.3, 0.4) is 0 Å². The van der Waals surface area contributed by atoms with Gasteiger partial charge in [0.2, 0.25) is 0 Å². The number of alkyl halides is 9. The van der Waals surface area contributed by atoms with E-state index in [0.29, 0.717) is 49.9 Å². The van der Waals surface area contributed by atoms with E-state index in [-0.39, 0.29) is 97.4 Å². The zero-order valence-electron chi connectivity index (χ0n) is 45.7. The summed E-state index contributed by atoms with van der Waals surface area (Å²) in [4.78, 5) is 54.6. The fourth-order valence-electron chi connectivity index (χ4n) is 5.88. The molecule has 39 heteroatoms. The van der Waals surface area contributed by atoms with Gasteiger partial charge in [0, 0.05) is 74.6 Å². The van der Waals surface area contributed by atoms with Crippen LogP contribution >= 0.6 is 8.25 Å². The van der Waals surface area contributed by atoms with Gasteiger partial charge in [-0.2, -0.15) is 39.5 Å². The van der Waals surface area contributed by atoms with Gasteiger partial charge >= 0.3 is 147 Å². The van der Waals surface area contributed by atoms with Crippen LogP contribution in [0.2, 0.25) is 0 Å². The van der Waals surface area contributed by atoms with E-state index in [4.69, 9.17) is 30.7 Å². The van der Waals surface area contributed by atoms with Crippen LogP contribution in [0, 0.1) is 34.9 Å². The maximum atomic E-state index is 13.4. The molecule has 448 valence electrons. The number of carbonyl (C=O) groups excluding carboxylic acids is 1. The molecule has 20 nitrogen and oxygen atoms in total. The zero-order chi connectivity index (χ0) is 64.7. The predicted octanol–water partition coefficient (Wildman–Crippen LogP) is 5.76. The molecule has 0 aliphatic carbocycles. The zero-order valence-corrected chi connectivity index (χ0v) is 55.9. The molecule has 0 radical (unpaired) electrons. The van der Waals surface area contributed by atoms with E-state index in [2.05, 4.69) is 55.5 Å². The van der Waals surface area contributed by atoms with Gasteiger partial charge in [-0.25, -0.2) is 70.7 Å². The van der Waals surface area contributed by atoms with Crippen LogP contribution < -0.4 is 83.2 Å². The monoisotopic (exact) mass is 1320 g/mol. The summed E-state index contributed by atoms with van der Waals surface area (Å²) < 4.78 is 205. The summed E-state index contributed by atoms with van der Waals surface area (Å²) in [5, 5.41) is 33.0. The normalized spacial score (nSPS) is 11.0. The van der Waals surface area contributed by atoms with Crippen molar-refractivity contribution in [2.75, 3.05) is 34.8 Å². The number of aromatic carboxylic acids is 1. The molecule has 1 unspecified atom stereocenters. The second-order valence-corrected chi connectivity index (χ2v) is 16.8. The molecule has 0 saturated carbocycles. The molecule has 0 aliphatic rings. The number of nitrogens with one attached hydrogen (secondary N) is 3. The van der Waals surface area contributed by atoms with Crippen molar-refractivity contribution in [2.45, 2.75) is 72.2 Å². The van der Waals surface area contributed by atoms with E-state index in [1.807, 2.05) is 6.92 Å². The van der Waals surface area contributed by atoms with Crippen molar-refractivity contribution in [1.82, 2.24) is 39.5 Å². The number of carboxylic acids is 1. The Hall–Kier alpha value is -3.49. The van der Waals surface area contributed by atoms with E-state index < -0.39 is 107 Å². The first-order chi connectivity index (χ1) is 38.9. The minimum atomic E-state index is -4.87. The number of aryl methyl sites for hydroxylation is 1. The van der Waals surface area contributed by atoms with Crippen LogP contribution in [0.5, 0.6) is 0 Å². The summed E-state index contributed by atoms with van der Waals surface area (Å²) in [5.41, 5.74) is -0.539. The molecule has 0 saturated heterocycles. The average Bonchev–Trinajstić information content (AvgIpc) is 3.59. The van der Waals surface area contributed by atoms with Crippen LogP contribution in [0.1, 0.15) is 79.3 Å². The number of nitrogens with two attached hydrogens (primary N) is 1. The number of aliphatic hydroxyl groups is 1. The number of amides is 1. The van der Waals surface area contributed by atoms with E-state index >= 15 is 0 Å². The second kappa shape index (κ2) is 38.1. The molecule has 1 amide bonds. The fraction of sp³-hybridized carbons (Fsp3) is 0.283. The van der Waals surface area contributed by atoms with Gasteiger partial charge in [-0.3, -0.25) is 4.79 Å². The van der Waals surface area contributed by atoms with E-state index in [1.54, 1.807) is 34.6 Å². The van der Waals surface area contributed by atoms with Crippen LogP contribution in [0.4, 0.5) is 88.6 Å². The van der Waals surface area contributed by atoms with Gasteiger partial charge in [-0.1, -0.05) is 0 Å². The number of hydrogen-bond acceptors (Lipinski definition) is 17. The molecule has 0 fully saturated rings. The third kappa shape index (κ3) is 27.8. The molecular formula is C46H43F15K3N12O8P. The quantitative estimate of drug-likeness (QED) is 0.0237. The topological polar surface area (TPSA) is 304 Å². The summed E-state index contributed by atoms with van der Waals surface area (Å²) in [6, 6.07) is 5.23. The Labute approximate surface area is 560 Å². The first-order valence-corrected chi connectivity index (χ1v) is 40.4. The number of carboxylic acid groups (broad SMARTS) is 1.